The Morgan fingerprint density at radius 2 is 2.17 bits per heavy atom. The molecule has 0 bridgehead atoms. The molecule has 0 spiro atoms. The number of pyridine rings is 1. The third kappa shape index (κ3) is 2.03. The Labute approximate surface area is 72.2 Å². The molecular weight excluding hydrogens is 152 g/mol. The largest absolute Gasteiger partial charge is 0.387 e. The van der Waals surface area contributed by atoms with Gasteiger partial charge < -0.3 is 10.8 Å². The van der Waals surface area contributed by atoms with Gasteiger partial charge in [-0.15, -0.1) is 0 Å². The predicted octanol–water partition coefficient (Wildman–Crippen LogP) is 0.771. The maximum absolute atomic E-state index is 9.56. The minimum Gasteiger partial charge on any atom is -0.387 e. The van der Waals surface area contributed by atoms with E-state index in [1.165, 1.54) is 0 Å². The summed E-state index contributed by atoms with van der Waals surface area (Å²) in [7, 11) is 0. The van der Waals surface area contributed by atoms with Gasteiger partial charge in [0.2, 0.25) is 0 Å². The first-order valence-corrected chi connectivity index (χ1v) is 3.96. The van der Waals surface area contributed by atoms with Crippen LogP contribution in [-0.2, 0) is 0 Å². The molecule has 1 aromatic rings. The first-order chi connectivity index (χ1) is 5.61. The highest BCUT2D eigenvalue weighted by Gasteiger charge is 2.11. The molecule has 3 N–H and O–H groups in total. The summed E-state index contributed by atoms with van der Waals surface area (Å²) in [6.45, 7) is 3.71. The van der Waals surface area contributed by atoms with Crippen molar-refractivity contribution in [3.8, 4) is 0 Å². The van der Waals surface area contributed by atoms with Gasteiger partial charge >= 0.3 is 0 Å². The van der Waals surface area contributed by atoms with Crippen LogP contribution in [0, 0.1) is 6.92 Å². The van der Waals surface area contributed by atoms with Gasteiger partial charge in [0.1, 0.15) is 0 Å². The maximum atomic E-state index is 9.56. The van der Waals surface area contributed by atoms with Crippen molar-refractivity contribution < 1.29 is 5.11 Å². The molecule has 66 valence electrons. The molecule has 1 rings (SSSR count). The molecule has 0 unspecified atom stereocenters. The highest BCUT2D eigenvalue weighted by Crippen LogP contribution is 2.14. The number of aromatic nitrogens is 1. The smallest absolute Gasteiger partial charge is 0.0953 e. The number of nitrogens with zero attached hydrogens (tertiary/aromatic N) is 1. The van der Waals surface area contributed by atoms with Crippen LogP contribution in [0.3, 0.4) is 0 Å². The Balaban J connectivity index is 2.88. The number of aryl methyl sites for hydroxylation is 1. The van der Waals surface area contributed by atoms with Gasteiger partial charge in [-0.1, -0.05) is 6.07 Å². The van der Waals surface area contributed by atoms with E-state index in [1.807, 2.05) is 13.0 Å². The molecular formula is C9H14N2O. The van der Waals surface area contributed by atoms with Crippen molar-refractivity contribution >= 4 is 0 Å². The fraction of sp³-hybridized carbons (Fsp3) is 0.444. The van der Waals surface area contributed by atoms with Gasteiger partial charge in [-0.2, -0.15) is 0 Å². The molecule has 0 aliphatic carbocycles. The van der Waals surface area contributed by atoms with Gasteiger partial charge in [-0.25, -0.2) is 0 Å². The van der Waals surface area contributed by atoms with Gasteiger partial charge in [0.05, 0.1) is 6.10 Å². The van der Waals surface area contributed by atoms with Crippen LogP contribution in [0.1, 0.15) is 24.2 Å². The normalized spacial score (nSPS) is 15.7. The molecule has 0 aromatic carbocycles. The molecule has 0 fully saturated rings. The molecule has 2 atom stereocenters. The first kappa shape index (κ1) is 9.16. The second-order valence-electron chi connectivity index (χ2n) is 3.10. The van der Waals surface area contributed by atoms with Crippen molar-refractivity contribution in [3.05, 3.63) is 29.6 Å². The van der Waals surface area contributed by atoms with Gasteiger partial charge in [-0.3, -0.25) is 4.98 Å². The third-order valence-corrected chi connectivity index (χ3v) is 1.74. The zero-order valence-electron chi connectivity index (χ0n) is 7.36. The molecule has 0 aliphatic heterocycles. The van der Waals surface area contributed by atoms with Crippen LogP contribution < -0.4 is 5.73 Å². The van der Waals surface area contributed by atoms with Crippen molar-refractivity contribution in [2.45, 2.75) is 26.0 Å². The molecule has 12 heavy (non-hydrogen) atoms. The van der Waals surface area contributed by atoms with E-state index >= 15 is 0 Å². The summed E-state index contributed by atoms with van der Waals surface area (Å²) >= 11 is 0. The maximum Gasteiger partial charge on any atom is 0.0953 e. The fourth-order valence-electron chi connectivity index (χ4n) is 1.04. The number of hydrogen-bond acceptors (Lipinski definition) is 3. The second-order valence-corrected chi connectivity index (χ2v) is 3.10. The molecule has 1 heterocycles. The summed E-state index contributed by atoms with van der Waals surface area (Å²) in [4.78, 5) is 3.97. The van der Waals surface area contributed by atoms with Gasteiger partial charge in [0.15, 0.2) is 0 Å². The van der Waals surface area contributed by atoms with E-state index < -0.39 is 6.10 Å². The highest BCUT2D eigenvalue weighted by atomic mass is 16.3. The molecule has 0 saturated heterocycles. The van der Waals surface area contributed by atoms with Crippen molar-refractivity contribution in [2.24, 2.45) is 5.73 Å². The Hall–Kier alpha value is -0.930. The van der Waals surface area contributed by atoms with Crippen LogP contribution in [0.2, 0.25) is 0 Å². The second kappa shape index (κ2) is 3.65. The molecule has 0 radical (unpaired) electrons. The summed E-state index contributed by atoms with van der Waals surface area (Å²) in [6, 6.07) is 1.63. The average molecular weight is 166 g/mol. The zero-order valence-corrected chi connectivity index (χ0v) is 7.36. The predicted molar refractivity (Wildman–Crippen MR) is 47.6 cm³/mol. The van der Waals surface area contributed by atoms with Crippen LogP contribution in [0.25, 0.3) is 0 Å². The monoisotopic (exact) mass is 166 g/mol. The summed E-state index contributed by atoms with van der Waals surface area (Å²) in [5.74, 6) is 0. The minimum absolute atomic E-state index is 0.256. The molecule has 3 heteroatoms. The standard InChI is InChI=1S/C9H14N2O/c1-6-3-8(5-11-4-6)9(12)7(2)10/h3-5,7,9,12H,10H2,1-2H3/t7-,9-/m1/s1. The van der Waals surface area contributed by atoms with Crippen molar-refractivity contribution in [1.82, 2.24) is 4.98 Å². The van der Waals surface area contributed by atoms with Crippen LogP contribution in [0.15, 0.2) is 18.5 Å². The molecule has 0 amide bonds. The summed E-state index contributed by atoms with van der Waals surface area (Å²) in [5.41, 5.74) is 7.36. The van der Waals surface area contributed by atoms with Crippen LogP contribution >= 0.6 is 0 Å². The van der Waals surface area contributed by atoms with Crippen LogP contribution in [-0.4, -0.2) is 16.1 Å². The lowest BCUT2D eigenvalue weighted by Gasteiger charge is -2.14. The summed E-state index contributed by atoms with van der Waals surface area (Å²) < 4.78 is 0. The lowest BCUT2D eigenvalue weighted by atomic mass is 10.1. The van der Waals surface area contributed by atoms with E-state index in [2.05, 4.69) is 4.98 Å². The number of aliphatic hydroxyl groups excluding tert-OH is 1. The average Bonchev–Trinajstić information content (AvgIpc) is 2.03. The quantitative estimate of drug-likeness (QED) is 0.682. The Kier molecular flexibility index (Phi) is 2.78. The number of hydrogen-bond donors (Lipinski definition) is 2. The molecule has 1 aromatic heterocycles. The fourth-order valence-corrected chi connectivity index (χ4v) is 1.04. The van der Waals surface area contributed by atoms with E-state index in [-0.39, 0.29) is 6.04 Å². The molecule has 0 saturated carbocycles. The third-order valence-electron chi connectivity index (χ3n) is 1.74. The van der Waals surface area contributed by atoms with Crippen molar-refractivity contribution in [1.29, 1.82) is 0 Å². The highest BCUT2D eigenvalue weighted by molar-refractivity contribution is 5.19. The Morgan fingerprint density at radius 1 is 1.50 bits per heavy atom. The minimum atomic E-state index is -0.614. The van der Waals surface area contributed by atoms with E-state index in [4.69, 9.17) is 5.73 Å². The van der Waals surface area contributed by atoms with Gasteiger partial charge in [0, 0.05) is 24.0 Å². The number of rotatable bonds is 2. The Bertz CT molecular complexity index is 260. The zero-order chi connectivity index (χ0) is 9.14. The number of aliphatic hydroxyl groups is 1. The number of nitrogens with two attached hydrogens (primary N) is 1. The van der Waals surface area contributed by atoms with Crippen molar-refractivity contribution in [3.63, 3.8) is 0 Å². The summed E-state index contributed by atoms with van der Waals surface area (Å²) in [6.07, 6.45) is 2.77. The molecule has 0 aliphatic rings. The van der Waals surface area contributed by atoms with Gasteiger partial charge in [0.25, 0.3) is 0 Å². The first-order valence-electron chi connectivity index (χ1n) is 3.96. The van der Waals surface area contributed by atoms with E-state index in [9.17, 15) is 5.11 Å². The van der Waals surface area contributed by atoms with E-state index in [0.717, 1.165) is 11.1 Å². The van der Waals surface area contributed by atoms with Crippen molar-refractivity contribution in [2.75, 3.05) is 0 Å². The van der Waals surface area contributed by atoms with Crippen LogP contribution in [0.4, 0.5) is 0 Å². The lowest BCUT2D eigenvalue weighted by molar-refractivity contribution is 0.153. The Morgan fingerprint density at radius 3 is 2.67 bits per heavy atom. The lowest BCUT2D eigenvalue weighted by Crippen LogP contribution is -2.24. The van der Waals surface area contributed by atoms with E-state index in [1.54, 1.807) is 19.3 Å². The van der Waals surface area contributed by atoms with Gasteiger partial charge in [-0.05, 0) is 19.4 Å². The topological polar surface area (TPSA) is 59.1 Å². The van der Waals surface area contributed by atoms with Crippen LogP contribution in [0.5, 0.6) is 0 Å². The van der Waals surface area contributed by atoms with E-state index in [0.29, 0.717) is 0 Å². The molecule has 3 nitrogen and oxygen atoms in total. The SMILES string of the molecule is Cc1cncc([C@H](O)[C@@H](C)N)c1. The summed E-state index contributed by atoms with van der Waals surface area (Å²) in [5, 5.41) is 9.56.